The van der Waals surface area contributed by atoms with Gasteiger partial charge in [-0.15, -0.1) is 0 Å². The summed E-state index contributed by atoms with van der Waals surface area (Å²) in [6, 6.07) is 0. The van der Waals surface area contributed by atoms with Gasteiger partial charge in [0, 0.05) is 25.7 Å². The van der Waals surface area contributed by atoms with Gasteiger partial charge in [0.1, 0.15) is 19.3 Å². The molecule has 6 atom stereocenters. The summed E-state index contributed by atoms with van der Waals surface area (Å²) < 4.78 is 68.3. The van der Waals surface area contributed by atoms with Crippen LogP contribution in [-0.2, 0) is 65.4 Å². The molecule has 0 aliphatic carbocycles. The number of aliphatic hydroxyl groups excluding tert-OH is 1. The van der Waals surface area contributed by atoms with Gasteiger partial charge in [0.2, 0.25) is 0 Å². The molecule has 17 nitrogen and oxygen atoms in total. The van der Waals surface area contributed by atoms with E-state index in [2.05, 4.69) is 41.5 Å². The standard InChI is InChI=1S/C75H146O17P2/c1-7-10-12-14-16-17-34-41-47-53-59-74(79)91-70(63-85-72(77)57-51-45-37-15-13-11-8-2)65-89-93(81,82)87-61-69(76)62-88-94(83,84)90-66-71(64-86-73(78)58-52-46-40-35-30-27-26-28-32-38-43-49-55-67(4)5)92-75(80)60-54-48-42-36-31-25-23-21-19-18-20-22-24-29-33-39-44-50-56-68(6)9-3/h67-71,76H,7-66H2,1-6H3,(H,81,82)(H,83,84)/t68?,69-,70+,71+/m0/s1. The first-order chi connectivity index (χ1) is 45.4. The van der Waals surface area contributed by atoms with Gasteiger partial charge in [-0.2, -0.15) is 0 Å². The van der Waals surface area contributed by atoms with Gasteiger partial charge in [-0.05, 0) is 37.5 Å². The van der Waals surface area contributed by atoms with Gasteiger partial charge in [-0.25, -0.2) is 9.13 Å². The molecule has 0 saturated carbocycles. The maximum absolute atomic E-state index is 13.1. The van der Waals surface area contributed by atoms with Crippen molar-refractivity contribution in [1.82, 2.24) is 0 Å². The minimum absolute atomic E-state index is 0.106. The predicted molar refractivity (Wildman–Crippen MR) is 381 cm³/mol. The third-order valence-corrected chi connectivity index (χ3v) is 19.7. The zero-order valence-corrected chi connectivity index (χ0v) is 63.1. The zero-order chi connectivity index (χ0) is 69.3. The van der Waals surface area contributed by atoms with E-state index in [-0.39, 0.29) is 25.7 Å². The average molecular weight is 1380 g/mol. The topological polar surface area (TPSA) is 237 Å². The average Bonchev–Trinajstić information content (AvgIpc) is 1.58. The largest absolute Gasteiger partial charge is 0.472 e. The van der Waals surface area contributed by atoms with Gasteiger partial charge in [0.15, 0.2) is 12.2 Å². The normalized spacial score (nSPS) is 14.3. The van der Waals surface area contributed by atoms with Crippen molar-refractivity contribution in [2.45, 2.75) is 407 Å². The van der Waals surface area contributed by atoms with Gasteiger partial charge < -0.3 is 33.8 Å². The van der Waals surface area contributed by atoms with Crippen molar-refractivity contribution in [3.05, 3.63) is 0 Å². The molecule has 0 heterocycles. The van der Waals surface area contributed by atoms with Gasteiger partial charge >= 0.3 is 39.5 Å². The number of carbonyl (C=O) groups is 4. The molecule has 3 unspecified atom stereocenters. The van der Waals surface area contributed by atoms with E-state index in [0.29, 0.717) is 25.7 Å². The Morgan fingerprint density at radius 1 is 0.309 bits per heavy atom. The number of hydrogen-bond acceptors (Lipinski definition) is 15. The first-order valence-corrected chi connectivity index (χ1v) is 42.0. The Labute approximate surface area is 575 Å². The molecule has 0 amide bonds. The van der Waals surface area contributed by atoms with Crippen molar-refractivity contribution in [3.63, 3.8) is 0 Å². The molecule has 0 saturated heterocycles. The van der Waals surface area contributed by atoms with E-state index in [1.807, 2.05) is 0 Å². The van der Waals surface area contributed by atoms with Crippen LogP contribution in [0.3, 0.4) is 0 Å². The highest BCUT2D eigenvalue weighted by Crippen LogP contribution is 2.45. The van der Waals surface area contributed by atoms with E-state index in [1.54, 1.807) is 0 Å². The first-order valence-electron chi connectivity index (χ1n) is 39.0. The van der Waals surface area contributed by atoms with Crippen LogP contribution in [0.4, 0.5) is 0 Å². The predicted octanol–water partition coefficient (Wildman–Crippen LogP) is 21.9. The second-order valence-electron chi connectivity index (χ2n) is 27.8. The van der Waals surface area contributed by atoms with Gasteiger partial charge in [0.25, 0.3) is 0 Å². The van der Waals surface area contributed by atoms with Crippen molar-refractivity contribution >= 4 is 39.5 Å². The molecule has 0 spiro atoms. The Morgan fingerprint density at radius 3 is 0.809 bits per heavy atom. The molecular formula is C75H146O17P2. The zero-order valence-electron chi connectivity index (χ0n) is 61.3. The summed E-state index contributed by atoms with van der Waals surface area (Å²) in [4.78, 5) is 72.5. The monoisotopic (exact) mass is 1380 g/mol. The van der Waals surface area contributed by atoms with Gasteiger partial charge in [-0.1, -0.05) is 337 Å². The molecule has 0 aromatic rings. The maximum atomic E-state index is 13.1. The summed E-state index contributed by atoms with van der Waals surface area (Å²) in [5.74, 6) is -0.470. The second-order valence-corrected chi connectivity index (χ2v) is 30.7. The van der Waals surface area contributed by atoms with Crippen LogP contribution in [0.25, 0.3) is 0 Å². The lowest BCUT2D eigenvalue weighted by Crippen LogP contribution is -2.30. The van der Waals surface area contributed by atoms with Crippen LogP contribution in [-0.4, -0.2) is 96.7 Å². The van der Waals surface area contributed by atoms with Crippen LogP contribution in [0, 0.1) is 11.8 Å². The van der Waals surface area contributed by atoms with E-state index in [1.165, 1.54) is 193 Å². The van der Waals surface area contributed by atoms with Gasteiger partial charge in [0.05, 0.1) is 26.4 Å². The minimum Gasteiger partial charge on any atom is -0.462 e. The fourth-order valence-corrected chi connectivity index (χ4v) is 13.0. The van der Waals surface area contributed by atoms with Crippen molar-refractivity contribution < 1.29 is 80.2 Å². The molecule has 0 aliphatic rings. The Balaban J connectivity index is 5.14. The lowest BCUT2D eigenvalue weighted by molar-refractivity contribution is -0.161. The number of ether oxygens (including phenoxy) is 4. The smallest absolute Gasteiger partial charge is 0.462 e. The van der Waals surface area contributed by atoms with Crippen LogP contribution in [0.15, 0.2) is 0 Å². The molecule has 19 heteroatoms. The highest BCUT2D eigenvalue weighted by atomic mass is 31.2. The maximum Gasteiger partial charge on any atom is 0.472 e. The molecule has 558 valence electrons. The molecule has 0 radical (unpaired) electrons. The number of phosphoric acid groups is 2. The summed E-state index contributed by atoms with van der Waals surface area (Å²) in [6.45, 7) is 9.61. The molecular weight excluding hydrogens is 1230 g/mol. The molecule has 0 bridgehead atoms. The van der Waals surface area contributed by atoms with E-state index in [4.69, 9.17) is 37.0 Å². The van der Waals surface area contributed by atoms with Gasteiger partial charge in [-0.3, -0.25) is 37.3 Å². The summed E-state index contributed by atoms with van der Waals surface area (Å²) >= 11 is 0. The number of phosphoric ester groups is 2. The third kappa shape index (κ3) is 67.3. The first kappa shape index (κ1) is 92.1. The number of unbranched alkanes of at least 4 members (excludes halogenated alkanes) is 43. The van der Waals surface area contributed by atoms with Crippen molar-refractivity contribution in [3.8, 4) is 0 Å². The molecule has 3 N–H and O–H groups in total. The number of rotatable bonds is 74. The van der Waals surface area contributed by atoms with Crippen LogP contribution >= 0.6 is 15.6 Å². The van der Waals surface area contributed by atoms with Crippen LogP contribution in [0.2, 0.25) is 0 Å². The highest BCUT2D eigenvalue weighted by molar-refractivity contribution is 7.47. The molecule has 0 aromatic heterocycles. The Kier molecular flexibility index (Phi) is 65.5. The molecule has 0 fully saturated rings. The fraction of sp³-hybridized carbons (Fsp3) is 0.947. The SMILES string of the molecule is CCCCCCCCCCCCC(=O)O[C@H](COC(=O)CCCCCCCCC)COP(=O)(O)OC[C@H](O)COP(=O)(O)OC[C@@H](COC(=O)CCCCCCCCCCCCCCC(C)C)OC(=O)CCCCCCCCCCCCCCCCCCCCC(C)CC. The Morgan fingerprint density at radius 2 is 0.543 bits per heavy atom. The number of esters is 4. The van der Waals surface area contributed by atoms with Crippen LogP contribution in [0.5, 0.6) is 0 Å². The van der Waals surface area contributed by atoms with E-state index < -0.39 is 97.5 Å². The summed E-state index contributed by atoms with van der Waals surface area (Å²) in [7, 11) is -9.90. The minimum atomic E-state index is -4.96. The molecule has 0 aliphatic heterocycles. The second kappa shape index (κ2) is 66.9. The molecule has 0 aromatic carbocycles. The van der Waals surface area contributed by atoms with Crippen LogP contribution < -0.4 is 0 Å². The summed E-state index contributed by atoms with van der Waals surface area (Å²) in [6.07, 6.45) is 54.3. The van der Waals surface area contributed by atoms with Crippen molar-refractivity contribution in [2.75, 3.05) is 39.6 Å². The highest BCUT2D eigenvalue weighted by Gasteiger charge is 2.30. The van der Waals surface area contributed by atoms with E-state index >= 15 is 0 Å². The van der Waals surface area contributed by atoms with Crippen molar-refractivity contribution in [1.29, 1.82) is 0 Å². The third-order valence-electron chi connectivity index (χ3n) is 17.8. The molecule has 0 rings (SSSR count). The van der Waals surface area contributed by atoms with E-state index in [0.717, 1.165) is 115 Å². The summed E-state index contributed by atoms with van der Waals surface area (Å²) in [5, 5.41) is 10.6. The quantitative estimate of drug-likeness (QED) is 0.0222. The Hall–Kier alpha value is -1.94. The molecule has 94 heavy (non-hydrogen) atoms. The summed E-state index contributed by atoms with van der Waals surface area (Å²) in [5.41, 5.74) is 0. The number of aliphatic hydroxyl groups is 1. The van der Waals surface area contributed by atoms with Crippen molar-refractivity contribution in [2.24, 2.45) is 11.8 Å². The fourth-order valence-electron chi connectivity index (χ4n) is 11.4. The van der Waals surface area contributed by atoms with E-state index in [9.17, 15) is 43.2 Å². The number of carbonyl (C=O) groups excluding carboxylic acids is 4. The number of hydrogen-bond donors (Lipinski definition) is 3. The lowest BCUT2D eigenvalue weighted by atomic mass is 9.99. The Bertz CT molecular complexity index is 1820. The van der Waals surface area contributed by atoms with Crippen LogP contribution in [0.1, 0.15) is 388 Å². The lowest BCUT2D eigenvalue weighted by Gasteiger charge is -2.21.